The molecule has 0 unspecified atom stereocenters. The normalized spacial score (nSPS) is 13.0. The molecule has 0 spiro atoms. The summed E-state index contributed by atoms with van der Waals surface area (Å²) >= 11 is 0. The van der Waals surface area contributed by atoms with E-state index < -0.39 is 11.7 Å². The van der Waals surface area contributed by atoms with E-state index >= 15 is 13.2 Å². The van der Waals surface area contributed by atoms with Gasteiger partial charge in [0.05, 0.1) is 50.6 Å². The Morgan fingerprint density at radius 3 is 1.05 bits per heavy atom. The summed E-state index contributed by atoms with van der Waals surface area (Å²) in [4.78, 5) is 0. The topological polar surface area (TPSA) is 57.4 Å². The largest absolute Gasteiger partial charge is 0.417 e. The summed E-state index contributed by atoms with van der Waals surface area (Å²) in [5.74, 6) is 0. The summed E-state index contributed by atoms with van der Waals surface area (Å²) in [5.41, 5.74) is 7.16. The lowest BCUT2D eigenvalue weighted by molar-refractivity contribution is -0.137. The van der Waals surface area contributed by atoms with E-state index in [9.17, 15) is 10.5 Å². The molecule has 2 heterocycles. The maximum absolute atomic E-state index is 15.1. The molecule has 0 aliphatic rings. The molecule has 0 saturated carbocycles. The number of rotatable bonds is 3. The summed E-state index contributed by atoms with van der Waals surface area (Å²) in [6, 6.07) is 37.2. The van der Waals surface area contributed by atoms with Crippen LogP contribution in [0.3, 0.4) is 0 Å². The molecule has 4 nitrogen and oxygen atoms in total. The molecular formula is C55H53F3N4. The fourth-order valence-corrected chi connectivity index (χ4v) is 8.85. The van der Waals surface area contributed by atoms with Crippen LogP contribution in [0.5, 0.6) is 0 Å². The van der Waals surface area contributed by atoms with Crippen molar-refractivity contribution in [1.82, 2.24) is 9.13 Å². The molecule has 6 aromatic carbocycles. The predicted octanol–water partition coefficient (Wildman–Crippen LogP) is 15.5. The zero-order valence-corrected chi connectivity index (χ0v) is 37.7. The second-order valence-electron chi connectivity index (χ2n) is 20.9. The van der Waals surface area contributed by atoms with Gasteiger partial charge < -0.3 is 9.13 Å². The third-order valence-electron chi connectivity index (χ3n) is 12.5. The van der Waals surface area contributed by atoms with E-state index in [1.54, 1.807) is 12.1 Å². The Hall–Kier alpha value is -6.31. The Kier molecular flexibility index (Phi) is 9.65. The number of fused-ring (bicyclic) bond motifs is 6. The van der Waals surface area contributed by atoms with Crippen molar-refractivity contribution in [2.24, 2.45) is 0 Å². The van der Waals surface area contributed by atoms with Gasteiger partial charge in [-0.15, -0.1) is 0 Å². The van der Waals surface area contributed by atoms with Gasteiger partial charge in [0, 0.05) is 27.1 Å². The Labute approximate surface area is 362 Å². The standard InChI is InChI=1S/C55H53F3N4/c1-51(2,3)34-16-20-44-38(26-34)39-27-35(52(4,5)6)17-21-45(39)61(44)48-24-33(50-32(30-59)14-13-15-43(50)55(56,57)58)25-49(42(48)31-60)62-46-22-18-36(53(7,8)9)28-40(46)41-29-37(54(10,11)12)19-23-47(41)62/h13-29H,1-12H3. The Balaban J connectivity index is 1.60. The van der Waals surface area contributed by atoms with Gasteiger partial charge in [0.15, 0.2) is 0 Å². The van der Waals surface area contributed by atoms with E-state index in [4.69, 9.17) is 0 Å². The number of benzene rings is 6. The SMILES string of the molecule is CC(C)(C)c1ccc2c(c1)c1cc(C(C)(C)C)ccc1n2-c1cc(-c2c(C#N)cccc2C(F)(F)F)cc(-n2c3ccc(C(C)(C)C)cc3c3cc(C(C)(C)C)ccc32)c1C#N. The van der Waals surface area contributed by atoms with Crippen molar-refractivity contribution in [2.75, 3.05) is 0 Å². The highest BCUT2D eigenvalue weighted by molar-refractivity contribution is 6.12. The molecule has 8 aromatic rings. The van der Waals surface area contributed by atoms with E-state index in [1.165, 1.54) is 12.1 Å². The van der Waals surface area contributed by atoms with Crippen LogP contribution < -0.4 is 0 Å². The van der Waals surface area contributed by atoms with Crippen molar-refractivity contribution in [2.45, 2.75) is 111 Å². The quantitative estimate of drug-likeness (QED) is 0.178. The molecule has 2 aromatic heterocycles. The van der Waals surface area contributed by atoms with Gasteiger partial charge in [-0.1, -0.05) is 113 Å². The van der Waals surface area contributed by atoms with Crippen molar-refractivity contribution < 1.29 is 13.2 Å². The first-order valence-electron chi connectivity index (χ1n) is 21.2. The second-order valence-corrected chi connectivity index (χ2v) is 20.9. The minimum Gasteiger partial charge on any atom is -0.308 e. The third kappa shape index (κ3) is 7.02. The lowest BCUT2D eigenvalue weighted by Crippen LogP contribution is -2.11. The number of halogens is 3. The van der Waals surface area contributed by atoms with Gasteiger partial charge in [0.2, 0.25) is 0 Å². The van der Waals surface area contributed by atoms with Gasteiger partial charge in [-0.2, -0.15) is 23.7 Å². The van der Waals surface area contributed by atoms with E-state index in [-0.39, 0.29) is 43.9 Å². The molecule has 0 aliphatic carbocycles. The Morgan fingerprint density at radius 2 is 0.774 bits per heavy atom. The average Bonchev–Trinajstić information content (AvgIpc) is 3.69. The number of nitriles is 2. The van der Waals surface area contributed by atoms with E-state index in [2.05, 4.69) is 168 Å². The molecule has 0 N–H and O–H groups in total. The van der Waals surface area contributed by atoms with Gasteiger partial charge in [-0.25, -0.2) is 0 Å². The van der Waals surface area contributed by atoms with Gasteiger partial charge in [0.25, 0.3) is 0 Å². The molecule has 0 bridgehead atoms. The Bertz CT molecular complexity index is 2910. The van der Waals surface area contributed by atoms with E-state index in [0.29, 0.717) is 11.4 Å². The van der Waals surface area contributed by atoms with Gasteiger partial charge >= 0.3 is 6.18 Å². The number of aromatic nitrogens is 2. The predicted molar refractivity (Wildman–Crippen MR) is 250 cm³/mol. The van der Waals surface area contributed by atoms with Crippen molar-refractivity contribution in [3.8, 4) is 34.6 Å². The van der Waals surface area contributed by atoms with Gasteiger partial charge in [-0.05, 0) is 122 Å². The lowest BCUT2D eigenvalue weighted by atomic mass is 9.85. The fraction of sp³-hybridized carbons (Fsp3) is 0.309. The molecule has 0 saturated heterocycles. The zero-order valence-electron chi connectivity index (χ0n) is 37.7. The highest BCUT2D eigenvalue weighted by Crippen LogP contribution is 2.46. The van der Waals surface area contributed by atoms with Gasteiger partial charge in [0.1, 0.15) is 11.6 Å². The lowest BCUT2D eigenvalue weighted by Gasteiger charge is -2.22. The molecule has 0 aliphatic heterocycles. The molecule has 7 heteroatoms. The van der Waals surface area contributed by atoms with Crippen LogP contribution in [0.1, 0.15) is 122 Å². The van der Waals surface area contributed by atoms with Crippen molar-refractivity contribution in [3.63, 3.8) is 0 Å². The van der Waals surface area contributed by atoms with Crippen LogP contribution in [0.4, 0.5) is 13.2 Å². The minimum atomic E-state index is -4.77. The van der Waals surface area contributed by atoms with Crippen LogP contribution in [-0.4, -0.2) is 9.13 Å². The second kappa shape index (κ2) is 14.1. The maximum atomic E-state index is 15.1. The summed E-state index contributed by atoms with van der Waals surface area (Å²) < 4.78 is 49.5. The molecule has 314 valence electrons. The van der Waals surface area contributed by atoms with Crippen LogP contribution in [0, 0.1) is 22.7 Å². The molecule has 0 fully saturated rings. The first kappa shape index (κ1) is 42.4. The summed E-state index contributed by atoms with van der Waals surface area (Å²) in [6.45, 7) is 26.0. The van der Waals surface area contributed by atoms with Crippen LogP contribution in [0.15, 0.2) is 103 Å². The molecule has 0 atom stereocenters. The smallest absolute Gasteiger partial charge is 0.308 e. The zero-order chi connectivity index (χ0) is 45.1. The van der Waals surface area contributed by atoms with Crippen molar-refractivity contribution in [1.29, 1.82) is 10.5 Å². The van der Waals surface area contributed by atoms with Gasteiger partial charge in [-0.3, -0.25) is 0 Å². The summed E-state index contributed by atoms with van der Waals surface area (Å²) in [7, 11) is 0. The first-order chi connectivity index (χ1) is 28.8. The highest BCUT2D eigenvalue weighted by Gasteiger charge is 2.36. The third-order valence-corrected chi connectivity index (χ3v) is 12.5. The summed E-state index contributed by atoms with van der Waals surface area (Å²) in [5, 5.41) is 25.9. The summed E-state index contributed by atoms with van der Waals surface area (Å²) in [6.07, 6.45) is -4.77. The molecule has 62 heavy (non-hydrogen) atoms. The average molecular weight is 827 g/mol. The van der Waals surface area contributed by atoms with Crippen LogP contribution >= 0.6 is 0 Å². The Morgan fingerprint density at radius 1 is 0.435 bits per heavy atom. The highest BCUT2D eigenvalue weighted by atomic mass is 19.4. The fourth-order valence-electron chi connectivity index (χ4n) is 8.85. The molecule has 0 radical (unpaired) electrons. The maximum Gasteiger partial charge on any atom is 0.417 e. The van der Waals surface area contributed by atoms with Crippen molar-refractivity contribution >= 4 is 43.6 Å². The molecule has 0 amide bonds. The number of hydrogen-bond donors (Lipinski definition) is 0. The molecule has 8 rings (SSSR count). The van der Waals surface area contributed by atoms with Crippen LogP contribution in [0.2, 0.25) is 0 Å². The van der Waals surface area contributed by atoms with Crippen molar-refractivity contribution in [3.05, 3.63) is 142 Å². The van der Waals surface area contributed by atoms with Crippen LogP contribution in [-0.2, 0) is 27.8 Å². The van der Waals surface area contributed by atoms with E-state index in [1.807, 2.05) is 9.13 Å². The number of hydrogen-bond acceptors (Lipinski definition) is 2. The van der Waals surface area contributed by atoms with Crippen LogP contribution in [0.25, 0.3) is 66.1 Å². The minimum absolute atomic E-state index is 0.111. The number of nitrogens with zero attached hydrogens (tertiary/aromatic N) is 4. The number of alkyl halides is 3. The molecular weight excluding hydrogens is 774 g/mol. The van der Waals surface area contributed by atoms with E-state index in [0.717, 1.165) is 71.9 Å². The first-order valence-corrected chi connectivity index (χ1v) is 21.2. The monoisotopic (exact) mass is 826 g/mol.